The molecule has 6 rings (SSSR count). The van der Waals surface area contributed by atoms with Gasteiger partial charge >= 0.3 is 0 Å². The number of fused-ring (bicyclic) bond motifs is 2. The van der Waals surface area contributed by atoms with Crippen LogP contribution in [0.4, 0.5) is 11.5 Å². The van der Waals surface area contributed by atoms with Gasteiger partial charge in [0.15, 0.2) is 11.5 Å². The van der Waals surface area contributed by atoms with Crippen molar-refractivity contribution < 1.29 is 23.7 Å². The molecule has 3 heterocycles. The predicted molar refractivity (Wildman–Crippen MR) is 136 cm³/mol. The largest absolute Gasteiger partial charge is 0.489 e. The molecule has 0 atom stereocenters. The maximum absolute atomic E-state index is 6.52. The summed E-state index contributed by atoms with van der Waals surface area (Å²) < 4.78 is 29.3. The van der Waals surface area contributed by atoms with E-state index in [1.54, 1.807) is 12.1 Å². The van der Waals surface area contributed by atoms with E-state index < -0.39 is 0 Å². The lowest BCUT2D eigenvalue weighted by atomic mass is 10.1. The maximum Gasteiger partial charge on any atom is 0.231 e. The molecule has 0 bridgehead atoms. The molecule has 1 saturated heterocycles. The second kappa shape index (κ2) is 10.1. The molecular weight excluding hydrogens is 482 g/mol. The van der Waals surface area contributed by atoms with Crippen molar-refractivity contribution in [2.75, 3.05) is 25.3 Å². The third-order valence-corrected chi connectivity index (χ3v) is 6.43. The molecule has 2 aliphatic rings. The van der Waals surface area contributed by atoms with Crippen molar-refractivity contribution in [1.82, 2.24) is 9.97 Å². The first-order valence-electron chi connectivity index (χ1n) is 11.8. The SMILES string of the molecule is Clc1ccc2c(c1Nc1ncnc3cc(OCc4ccccc4)cc(OC4CCOCC4)c13)OCO2. The van der Waals surface area contributed by atoms with E-state index in [2.05, 4.69) is 15.3 Å². The second-order valence-corrected chi connectivity index (χ2v) is 8.93. The van der Waals surface area contributed by atoms with Crippen LogP contribution in [0.2, 0.25) is 5.02 Å². The van der Waals surface area contributed by atoms with Crippen LogP contribution in [0, 0.1) is 0 Å². The highest BCUT2D eigenvalue weighted by Gasteiger charge is 2.24. The highest BCUT2D eigenvalue weighted by molar-refractivity contribution is 6.34. The van der Waals surface area contributed by atoms with Crippen LogP contribution in [0.25, 0.3) is 10.9 Å². The Morgan fingerprint density at radius 1 is 1.00 bits per heavy atom. The topological polar surface area (TPSA) is 84.0 Å². The van der Waals surface area contributed by atoms with Crippen molar-refractivity contribution in [3.05, 3.63) is 71.5 Å². The van der Waals surface area contributed by atoms with Gasteiger partial charge in [0.1, 0.15) is 42.0 Å². The lowest BCUT2D eigenvalue weighted by molar-refractivity contribution is 0.0261. The lowest BCUT2D eigenvalue weighted by Gasteiger charge is -2.25. The summed E-state index contributed by atoms with van der Waals surface area (Å²) >= 11 is 6.52. The van der Waals surface area contributed by atoms with Gasteiger partial charge in [0.25, 0.3) is 0 Å². The number of anilines is 2. The van der Waals surface area contributed by atoms with Crippen molar-refractivity contribution in [2.45, 2.75) is 25.6 Å². The summed E-state index contributed by atoms with van der Waals surface area (Å²) in [7, 11) is 0. The number of hydrogen-bond acceptors (Lipinski definition) is 8. The summed E-state index contributed by atoms with van der Waals surface area (Å²) in [5.74, 6) is 3.00. The highest BCUT2D eigenvalue weighted by Crippen LogP contribution is 2.46. The quantitative estimate of drug-likeness (QED) is 0.333. The molecule has 8 nitrogen and oxygen atoms in total. The molecule has 0 saturated carbocycles. The van der Waals surface area contributed by atoms with Crippen LogP contribution in [0.1, 0.15) is 18.4 Å². The Bertz CT molecular complexity index is 1380. The number of nitrogens with one attached hydrogen (secondary N) is 1. The van der Waals surface area contributed by atoms with Crippen LogP contribution in [-0.2, 0) is 11.3 Å². The van der Waals surface area contributed by atoms with Crippen LogP contribution >= 0.6 is 11.6 Å². The Balaban J connectivity index is 1.39. The van der Waals surface area contributed by atoms with E-state index in [0.717, 1.165) is 23.8 Å². The molecule has 0 amide bonds. The van der Waals surface area contributed by atoms with E-state index in [-0.39, 0.29) is 12.9 Å². The number of nitrogens with zero attached hydrogens (tertiary/aromatic N) is 2. The van der Waals surface area contributed by atoms with E-state index in [1.807, 2.05) is 42.5 Å². The van der Waals surface area contributed by atoms with E-state index in [9.17, 15) is 0 Å². The fourth-order valence-electron chi connectivity index (χ4n) is 4.30. The van der Waals surface area contributed by atoms with E-state index in [1.165, 1.54) is 6.33 Å². The van der Waals surface area contributed by atoms with Crippen LogP contribution in [0.5, 0.6) is 23.0 Å². The Kier molecular flexibility index (Phi) is 6.36. The molecule has 184 valence electrons. The molecule has 1 aromatic heterocycles. The van der Waals surface area contributed by atoms with Crippen molar-refractivity contribution in [1.29, 1.82) is 0 Å². The molecule has 1 fully saturated rings. The molecule has 36 heavy (non-hydrogen) atoms. The number of rotatable bonds is 7. The van der Waals surface area contributed by atoms with Crippen LogP contribution in [0.15, 0.2) is 60.9 Å². The van der Waals surface area contributed by atoms with Gasteiger partial charge in [-0.05, 0) is 17.7 Å². The fourth-order valence-corrected chi connectivity index (χ4v) is 4.49. The molecule has 2 aliphatic heterocycles. The van der Waals surface area contributed by atoms with Crippen molar-refractivity contribution in [3.63, 3.8) is 0 Å². The first-order valence-corrected chi connectivity index (χ1v) is 12.2. The standard InChI is InChI=1S/C27H24ClN3O5/c28-20-6-7-22-26(35-16-34-22)25(20)31-27-24-21(29-15-30-27)12-19(33-14-17-4-2-1-3-5-17)13-23(24)36-18-8-10-32-11-9-18/h1-7,12-13,15,18H,8-11,14,16H2,(H,29,30,31). The van der Waals surface area contributed by atoms with Gasteiger partial charge < -0.3 is 29.0 Å². The summed E-state index contributed by atoms with van der Waals surface area (Å²) in [6.45, 7) is 1.90. The molecular formula is C27H24ClN3O5. The van der Waals surface area contributed by atoms with E-state index in [4.69, 9.17) is 35.3 Å². The number of ether oxygens (including phenoxy) is 5. The van der Waals surface area contributed by atoms with Gasteiger partial charge in [-0.25, -0.2) is 9.97 Å². The van der Waals surface area contributed by atoms with Gasteiger partial charge in [-0.2, -0.15) is 0 Å². The third kappa shape index (κ3) is 4.69. The fraction of sp³-hybridized carbons (Fsp3) is 0.259. The second-order valence-electron chi connectivity index (χ2n) is 8.52. The Morgan fingerprint density at radius 2 is 1.86 bits per heavy atom. The molecule has 0 unspecified atom stereocenters. The van der Waals surface area contributed by atoms with Crippen LogP contribution < -0.4 is 24.3 Å². The average Bonchev–Trinajstić information content (AvgIpc) is 3.39. The van der Waals surface area contributed by atoms with Crippen LogP contribution in [0.3, 0.4) is 0 Å². The summed E-state index contributed by atoms with van der Waals surface area (Å²) in [6.07, 6.45) is 3.12. The molecule has 3 aromatic carbocycles. The summed E-state index contributed by atoms with van der Waals surface area (Å²) in [4.78, 5) is 9.05. The minimum Gasteiger partial charge on any atom is -0.489 e. The lowest BCUT2D eigenvalue weighted by Crippen LogP contribution is -2.26. The monoisotopic (exact) mass is 505 g/mol. The minimum absolute atomic E-state index is 0.0145. The summed E-state index contributed by atoms with van der Waals surface area (Å²) in [5.41, 5.74) is 2.33. The van der Waals surface area contributed by atoms with Crippen molar-refractivity contribution >= 4 is 34.0 Å². The summed E-state index contributed by atoms with van der Waals surface area (Å²) in [6, 6.07) is 17.3. The first kappa shape index (κ1) is 22.7. The number of benzene rings is 3. The number of aromatic nitrogens is 2. The van der Waals surface area contributed by atoms with E-state index in [0.29, 0.717) is 64.9 Å². The zero-order valence-electron chi connectivity index (χ0n) is 19.4. The number of halogens is 1. The zero-order chi connectivity index (χ0) is 24.3. The molecule has 9 heteroatoms. The minimum atomic E-state index is 0.0145. The van der Waals surface area contributed by atoms with Gasteiger partial charge in [-0.1, -0.05) is 41.9 Å². The average molecular weight is 506 g/mol. The molecule has 0 spiro atoms. The molecule has 4 aromatic rings. The Morgan fingerprint density at radius 3 is 2.72 bits per heavy atom. The molecule has 1 N–H and O–H groups in total. The first-order chi connectivity index (χ1) is 17.7. The smallest absolute Gasteiger partial charge is 0.231 e. The van der Waals surface area contributed by atoms with Gasteiger partial charge in [0.2, 0.25) is 6.79 Å². The van der Waals surface area contributed by atoms with Gasteiger partial charge in [-0.15, -0.1) is 0 Å². The van der Waals surface area contributed by atoms with Crippen molar-refractivity contribution in [3.8, 4) is 23.0 Å². The predicted octanol–water partition coefficient (Wildman–Crippen LogP) is 5.89. The molecule has 0 aliphatic carbocycles. The highest BCUT2D eigenvalue weighted by atomic mass is 35.5. The van der Waals surface area contributed by atoms with Crippen molar-refractivity contribution in [2.24, 2.45) is 0 Å². The zero-order valence-corrected chi connectivity index (χ0v) is 20.2. The van der Waals surface area contributed by atoms with Crippen LogP contribution in [-0.4, -0.2) is 36.1 Å². The number of hydrogen-bond donors (Lipinski definition) is 1. The van der Waals surface area contributed by atoms with Gasteiger partial charge in [0.05, 0.1) is 29.1 Å². The normalized spacial score (nSPS) is 15.1. The van der Waals surface area contributed by atoms with Gasteiger partial charge in [-0.3, -0.25) is 0 Å². The van der Waals surface area contributed by atoms with Gasteiger partial charge in [0, 0.05) is 25.0 Å². The maximum atomic E-state index is 6.52. The Labute approximate surface area is 213 Å². The van der Waals surface area contributed by atoms with E-state index >= 15 is 0 Å². The molecule has 0 radical (unpaired) electrons. The summed E-state index contributed by atoms with van der Waals surface area (Å²) in [5, 5.41) is 4.55. The Hall–Kier alpha value is -3.75. The third-order valence-electron chi connectivity index (χ3n) is 6.12.